The smallest absolute Gasteiger partial charge is 0.115 e. The van der Waals surface area contributed by atoms with Gasteiger partial charge in [-0.1, -0.05) is 45.0 Å². The minimum absolute atomic E-state index is 0.209. The molecule has 0 radical (unpaired) electrons. The van der Waals surface area contributed by atoms with E-state index in [0.29, 0.717) is 5.92 Å². The Morgan fingerprint density at radius 1 is 1.14 bits per heavy atom. The van der Waals surface area contributed by atoms with Crippen LogP contribution in [-0.2, 0) is 6.42 Å². The van der Waals surface area contributed by atoms with Gasteiger partial charge in [-0.2, -0.15) is 0 Å². The summed E-state index contributed by atoms with van der Waals surface area (Å²) in [5, 5.41) is 4.73. The van der Waals surface area contributed by atoms with Crippen LogP contribution in [0.3, 0.4) is 0 Å². The molecule has 0 saturated heterocycles. The van der Waals surface area contributed by atoms with Gasteiger partial charge in [0.2, 0.25) is 0 Å². The minimum atomic E-state index is 0.209. The second kappa shape index (κ2) is 7.19. The second-order valence-electron chi connectivity index (χ2n) is 6.02. The molecular weight excluding hydrogens is 276 g/mol. The third-order valence-corrected chi connectivity index (χ3v) is 4.79. The average molecular weight is 302 g/mol. The molecule has 3 heteroatoms. The molecule has 114 valence electrons. The summed E-state index contributed by atoms with van der Waals surface area (Å²) in [6.45, 7) is 11.8. The summed E-state index contributed by atoms with van der Waals surface area (Å²) in [6.07, 6.45) is 1.14. The Kier molecular flexibility index (Phi) is 5.54. The van der Waals surface area contributed by atoms with Crippen LogP contribution in [-0.4, -0.2) is 11.5 Å². The van der Waals surface area contributed by atoms with E-state index >= 15 is 0 Å². The molecular formula is C18H26N2S. The molecule has 1 heterocycles. The van der Waals surface area contributed by atoms with E-state index in [1.54, 1.807) is 11.3 Å². The Morgan fingerprint density at radius 3 is 2.29 bits per heavy atom. The molecule has 0 aliphatic rings. The lowest BCUT2D eigenvalue weighted by molar-refractivity contribution is 0.623. The lowest BCUT2D eigenvalue weighted by Gasteiger charge is -2.16. The molecule has 2 nitrogen and oxygen atoms in total. The maximum absolute atomic E-state index is 4.73. The minimum Gasteiger partial charge on any atom is -0.305 e. The summed E-state index contributed by atoms with van der Waals surface area (Å²) < 4.78 is 0. The maximum Gasteiger partial charge on any atom is 0.115 e. The van der Waals surface area contributed by atoms with Gasteiger partial charge in [-0.3, -0.25) is 0 Å². The standard InChI is InChI=1S/C18H26N2S/c1-6-19-17(18-20-13(4)14(5)21-18)16-9-7-15(8-10-16)11-12(2)3/h7-10,12,17,19H,6,11H2,1-5H3. The van der Waals surface area contributed by atoms with Crippen molar-refractivity contribution in [3.8, 4) is 0 Å². The predicted octanol–water partition coefficient (Wildman–Crippen LogP) is 4.66. The molecule has 0 saturated carbocycles. The molecule has 0 spiro atoms. The van der Waals surface area contributed by atoms with Crippen molar-refractivity contribution >= 4 is 11.3 Å². The van der Waals surface area contributed by atoms with Crippen molar-refractivity contribution in [2.24, 2.45) is 5.92 Å². The summed E-state index contributed by atoms with van der Waals surface area (Å²) in [5.41, 5.74) is 3.86. The molecule has 0 aliphatic carbocycles. The van der Waals surface area contributed by atoms with Crippen LogP contribution < -0.4 is 5.32 Å². The van der Waals surface area contributed by atoms with Gasteiger partial charge in [0.25, 0.3) is 0 Å². The molecule has 1 aromatic heterocycles. The molecule has 1 N–H and O–H groups in total. The number of nitrogens with zero attached hydrogens (tertiary/aromatic N) is 1. The van der Waals surface area contributed by atoms with Crippen LogP contribution in [0.15, 0.2) is 24.3 Å². The first-order chi connectivity index (χ1) is 10.0. The zero-order valence-corrected chi connectivity index (χ0v) is 14.6. The van der Waals surface area contributed by atoms with E-state index in [2.05, 4.69) is 64.2 Å². The topological polar surface area (TPSA) is 24.9 Å². The molecule has 2 rings (SSSR count). The van der Waals surface area contributed by atoms with Crippen LogP contribution in [0.5, 0.6) is 0 Å². The van der Waals surface area contributed by atoms with Gasteiger partial charge in [-0.15, -0.1) is 11.3 Å². The van der Waals surface area contributed by atoms with Crippen molar-refractivity contribution in [3.05, 3.63) is 51.0 Å². The number of aromatic nitrogens is 1. The van der Waals surface area contributed by atoms with Crippen LogP contribution in [0.25, 0.3) is 0 Å². The first-order valence-electron chi connectivity index (χ1n) is 7.77. The van der Waals surface area contributed by atoms with E-state index in [0.717, 1.165) is 18.7 Å². The van der Waals surface area contributed by atoms with Crippen molar-refractivity contribution in [3.63, 3.8) is 0 Å². The molecule has 1 unspecified atom stereocenters. The molecule has 1 aromatic carbocycles. The van der Waals surface area contributed by atoms with Crippen molar-refractivity contribution in [2.75, 3.05) is 6.54 Å². The Morgan fingerprint density at radius 2 is 1.81 bits per heavy atom. The number of thiazole rings is 1. The fourth-order valence-corrected chi connectivity index (χ4v) is 3.52. The monoisotopic (exact) mass is 302 g/mol. The lowest BCUT2D eigenvalue weighted by atomic mass is 9.99. The van der Waals surface area contributed by atoms with Gasteiger partial charge in [0.15, 0.2) is 0 Å². The molecule has 0 aliphatic heterocycles. The zero-order chi connectivity index (χ0) is 15.4. The predicted molar refractivity (Wildman–Crippen MR) is 92.1 cm³/mol. The number of rotatable bonds is 6. The quantitative estimate of drug-likeness (QED) is 0.839. The summed E-state index contributed by atoms with van der Waals surface area (Å²) >= 11 is 1.80. The van der Waals surface area contributed by atoms with E-state index in [9.17, 15) is 0 Å². The van der Waals surface area contributed by atoms with E-state index < -0.39 is 0 Å². The first-order valence-corrected chi connectivity index (χ1v) is 8.59. The van der Waals surface area contributed by atoms with Gasteiger partial charge in [0, 0.05) is 4.88 Å². The van der Waals surface area contributed by atoms with Crippen LogP contribution in [0.1, 0.15) is 53.5 Å². The molecule has 0 amide bonds. The normalized spacial score (nSPS) is 12.9. The number of hydrogen-bond acceptors (Lipinski definition) is 3. The van der Waals surface area contributed by atoms with Crippen LogP contribution in [0, 0.1) is 19.8 Å². The van der Waals surface area contributed by atoms with Crippen LogP contribution in [0.2, 0.25) is 0 Å². The Bertz CT molecular complexity index is 550. The zero-order valence-electron chi connectivity index (χ0n) is 13.7. The van der Waals surface area contributed by atoms with Gasteiger partial charge < -0.3 is 5.32 Å². The Balaban J connectivity index is 2.25. The molecule has 2 aromatic rings. The highest BCUT2D eigenvalue weighted by Crippen LogP contribution is 2.28. The summed E-state index contributed by atoms with van der Waals surface area (Å²) in [5.74, 6) is 0.699. The van der Waals surface area contributed by atoms with Crippen molar-refractivity contribution in [1.82, 2.24) is 10.3 Å². The number of hydrogen-bond donors (Lipinski definition) is 1. The Labute approximate surface area is 132 Å². The Hall–Kier alpha value is -1.19. The van der Waals surface area contributed by atoms with Gasteiger partial charge in [0.1, 0.15) is 5.01 Å². The first kappa shape index (κ1) is 16.2. The van der Waals surface area contributed by atoms with Crippen LogP contribution >= 0.6 is 11.3 Å². The molecule has 1 atom stereocenters. The largest absolute Gasteiger partial charge is 0.305 e. The number of nitrogens with one attached hydrogen (secondary N) is 1. The highest BCUT2D eigenvalue weighted by Gasteiger charge is 2.17. The highest BCUT2D eigenvalue weighted by molar-refractivity contribution is 7.11. The van der Waals surface area contributed by atoms with Crippen molar-refractivity contribution < 1.29 is 0 Å². The third kappa shape index (κ3) is 4.14. The van der Waals surface area contributed by atoms with Crippen LogP contribution in [0.4, 0.5) is 0 Å². The average Bonchev–Trinajstić information content (AvgIpc) is 2.76. The fourth-order valence-electron chi connectivity index (χ4n) is 2.49. The van der Waals surface area contributed by atoms with Gasteiger partial charge >= 0.3 is 0 Å². The molecule has 0 fully saturated rings. The van der Waals surface area contributed by atoms with E-state index in [1.165, 1.54) is 21.0 Å². The molecule has 0 bridgehead atoms. The van der Waals surface area contributed by atoms with Gasteiger partial charge in [-0.05, 0) is 43.9 Å². The summed E-state index contributed by atoms with van der Waals surface area (Å²) in [4.78, 5) is 6.04. The number of aryl methyl sites for hydroxylation is 2. The molecule has 21 heavy (non-hydrogen) atoms. The SMILES string of the molecule is CCNC(c1ccc(CC(C)C)cc1)c1nc(C)c(C)s1. The fraction of sp³-hybridized carbons (Fsp3) is 0.500. The number of benzene rings is 1. The van der Waals surface area contributed by atoms with Crippen molar-refractivity contribution in [2.45, 2.75) is 47.1 Å². The van der Waals surface area contributed by atoms with E-state index in [4.69, 9.17) is 4.98 Å². The second-order valence-corrected chi connectivity index (χ2v) is 7.26. The highest BCUT2D eigenvalue weighted by atomic mass is 32.1. The maximum atomic E-state index is 4.73. The van der Waals surface area contributed by atoms with E-state index in [1.807, 2.05) is 0 Å². The van der Waals surface area contributed by atoms with Gasteiger partial charge in [-0.25, -0.2) is 4.98 Å². The summed E-state index contributed by atoms with van der Waals surface area (Å²) in [6, 6.07) is 9.22. The van der Waals surface area contributed by atoms with Crippen molar-refractivity contribution in [1.29, 1.82) is 0 Å². The third-order valence-electron chi connectivity index (χ3n) is 3.66. The van der Waals surface area contributed by atoms with E-state index in [-0.39, 0.29) is 6.04 Å². The summed E-state index contributed by atoms with van der Waals surface area (Å²) in [7, 11) is 0. The lowest BCUT2D eigenvalue weighted by Crippen LogP contribution is -2.21. The van der Waals surface area contributed by atoms with Gasteiger partial charge in [0.05, 0.1) is 11.7 Å².